The zero-order valence-electron chi connectivity index (χ0n) is 31.0. The molecule has 9 atom stereocenters. The molecule has 0 radical (unpaired) electrons. The number of fused-ring (bicyclic) bond motifs is 3. The van der Waals surface area contributed by atoms with Gasteiger partial charge in [0, 0.05) is 0 Å². The molecule has 46 heavy (non-hydrogen) atoms. The molecule has 6 aliphatic carbocycles. The molecule has 9 unspecified atom stereocenters. The van der Waals surface area contributed by atoms with Gasteiger partial charge < -0.3 is 0 Å². The van der Waals surface area contributed by atoms with Crippen molar-refractivity contribution in [3.63, 3.8) is 0 Å². The molecule has 0 N–H and O–H groups in total. The number of benzene rings is 1. The standard InChI is InChI=1S/C21H25.C21H31.2CH3.2Zr/c1-20(2)13-14-21(3,19-10-6-9-18(19)20)17-12-11-15-7-4-5-8-16(15)17;1-19(2,3)15-10-11-16(14-15)21(6)13-12-20(4,5)17-8-7-9-18(17)21;;;;/h4-5,7-9,11-14,17-19H,6,10H2,1-3H3;8,10,12-14,17-18H,7,9,11H2,1-6H3;2*1H3;;. The predicted molar refractivity (Wildman–Crippen MR) is 192 cm³/mol. The van der Waals surface area contributed by atoms with Crippen LogP contribution in [0.25, 0.3) is 6.08 Å². The Kier molecular flexibility index (Phi) is 9.63. The van der Waals surface area contributed by atoms with Gasteiger partial charge in [-0.15, -0.1) is 0 Å². The van der Waals surface area contributed by atoms with Gasteiger partial charge in [-0.3, -0.25) is 0 Å². The van der Waals surface area contributed by atoms with Crippen LogP contribution in [0.5, 0.6) is 0 Å². The van der Waals surface area contributed by atoms with Crippen molar-refractivity contribution in [2.45, 2.75) is 117 Å². The average molecular weight is 773 g/mol. The quantitative estimate of drug-likeness (QED) is 0.268. The van der Waals surface area contributed by atoms with Crippen LogP contribution < -0.4 is 0 Å². The first kappa shape index (κ1) is 35.5. The van der Waals surface area contributed by atoms with Crippen molar-refractivity contribution >= 4 is 6.08 Å². The van der Waals surface area contributed by atoms with Crippen molar-refractivity contribution in [2.24, 2.45) is 50.7 Å². The van der Waals surface area contributed by atoms with E-state index < -0.39 is 21.8 Å². The summed E-state index contributed by atoms with van der Waals surface area (Å²) >= 11 is 0.560. The Morgan fingerprint density at radius 2 is 1.43 bits per heavy atom. The van der Waals surface area contributed by atoms with Crippen molar-refractivity contribution in [2.75, 3.05) is 0 Å². The van der Waals surface area contributed by atoms with Crippen LogP contribution in [0.15, 0.2) is 77.9 Å². The molecule has 6 aliphatic rings. The summed E-state index contributed by atoms with van der Waals surface area (Å²) in [6, 6.07) is 9.04. The Labute approximate surface area is 306 Å². The van der Waals surface area contributed by atoms with Gasteiger partial charge in [0.05, 0.1) is 0 Å². The van der Waals surface area contributed by atoms with Gasteiger partial charge in [0.2, 0.25) is 0 Å². The number of hydrogen-bond acceptors (Lipinski definition) is 0. The first-order chi connectivity index (χ1) is 21.4. The van der Waals surface area contributed by atoms with Crippen molar-refractivity contribution in [3.05, 3.63) is 89.1 Å². The molecule has 2 saturated carbocycles. The van der Waals surface area contributed by atoms with Gasteiger partial charge in [0.15, 0.2) is 0 Å². The molecule has 2 fully saturated rings. The number of hydrogen-bond donors (Lipinski definition) is 0. The van der Waals surface area contributed by atoms with E-state index >= 15 is 0 Å². The van der Waals surface area contributed by atoms with E-state index in [-0.39, 0.29) is 16.2 Å². The van der Waals surface area contributed by atoms with E-state index in [1.807, 2.05) is 0 Å². The van der Waals surface area contributed by atoms with Gasteiger partial charge in [0.1, 0.15) is 0 Å². The van der Waals surface area contributed by atoms with E-state index in [1.165, 1.54) is 43.2 Å². The molecule has 0 aromatic heterocycles. The summed E-state index contributed by atoms with van der Waals surface area (Å²) in [6.07, 6.45) is 27.2. The molecule has 1 aromatic rings. The number of allylic oxidation sites excluding steroid dienone is 9. The van der Waals surface area contributed by atoms with Gasteiger partial charge in [-0.05, 0) is 0 Å². The van der Waals surface area contributed by atoms with Crippen LogP contribution in [0, 0.1) is 50.7 Å². The van der Waals surface area contributed by atoms with Crippen molar-refractivity contribution in [1.82, 2.24) is 0 Å². The SMILES string of the molecule is CC(C)(C)C1=CCC(C2(C)C=CC(C)(C)C3[CH]([Zr])CCC32)=C1.[CH3][Zr]([CH3])[CH]1CCC2C1C(C)(C)C=CC2(C)C1C=Cc2ccccc21. The van der Waals surface area contributed by atoms with E-state index in [9.17, 15) is 0 Å². The molecule has 0 nitrogen and oxygen atoms in total. The van der Waals surface area contributed by atoms with Crippen LogP contribution >= 0.6 is 0 Å². The summed E-state index contributed by atoms with van der Waals surface area (Å²) < 4.78 is 7.28. The molecule has 2 heteroatoms. The Morgan fingerprint density at radius 3 is 2.11 bits per heavy atom. The van der Waals surface area contributed by atoms with Crippen molar-refractivity contribution in [1.29, 1.82) is 0 Å². The molecular weight excluding hydrogens is 711 g/mol. The van der Waals surface area contributed by atoms with Gasteiger partial charge in [0.25, 0.3) is 0 Å². The minimum absolute atomic E-state index is 0.280. The number of rotatable bonds is 3. The summed E-state index contributed by atoms with van der Waals surface area (Å²) in [5.41, 5.74) is 7.82. The van der Waals surface area contributed by atoms with Crippen LogP contribution in [0.4, 0.5) is 0 Å². The third-order valence-corrected chi connectivity index (χ3v) is 20.8. The summed E-state index contributed by atoms with van der Waals surface area (Å²) in [5.74, 6) is 4.03. The Hall–Kier alpha value is -0.314. The maximum absolute atomic E-state index is 2.63. The van der Waals surface area contributed by atoms with Crippen LogP contribution in [-0.2, 0) is 46.5 Å². The van der Waals surface area contributed by atoms with Gasteiger partial charge in [-0.2, -0.15) is 0 Å². The first-order valence-electron chi connectivity index (χ1n) is 18.5. The Bertz CT molecular complexity index is 1470. The second-order valence-electron chi connectivity index (χ2n) is 18.9. The second-order valence-corrected chi connectivity index (χ2v) is 27.9. The predicted octanol–water partition coefficient (Wildman–Crippen LogP) is 13.2. The Balaban J connectivity index is 0.000000162. The van der Waals surface area contributed by atoms with E-state index in [4.69, 9.17) is 0 Å². The first-order valence-corrected chi connectivity index (χ1v) is 26.3. The second kappa shape index (κ2) is 12.5. The van der Waals surface area contributed by atoms with E-state index in [2.05, 4.69) is 144 Å². The zero-order valence-corrected chi connectivity index (χ0v) is 35.9. The zero-order chi connectivity index (χ0) is 33.4. The van der Waals surface area contributed by atoms with Crippen molar-refractivity contribution in [3.8, 4) is 0 Å². The summed E-state index contributed by atoms with van der Waals surface area (Å²) in [7, 11) is 0. The maximum atomic E-state index is 2.63. The van der Waals surface area contributed by atoms with Crippen LogP contribution in [0.1, 0.15) is 111 Å². The third-order valence-electron chi connectivity index (χ3n) is 14.0. The topological polar surface area (TPSA) is 0 Å². The molecule has 0 saturated heterocycles. The Morgan fingerprint density at radius 1 is 0.783 bits per heavy atom. The monoisotopic (exact) mass is 770 g/mol. The molecule has 246 valence electrons. The summed E-state index contributed by atoms with van der Waals surface area (Å²) in [5, 5.41) is 0. The fraction of sp³-hybridized carbons (Fsp3) is 0.636. The van der Waals surface area contributed by atoms with Crippen LogP contribution in [-0.4, -0.2) is 0 Å². The van der Waals surface area contributed by atoms with E-state index in [1.54, 1.807) is 35.9 Å². The van der Waals surface area contributed by atoms with Crippen LogP contribution in [0.3, 0.4) is 0 Å². The van der Waals surface area contributed by atoms with E-state index in [0.29, 0.717) is 16.7 Å². The average Bonchev–Trinajstić information content (AvgIpc) is 3.79. The summed E-state index contributed by atoms with van der Waals surface area (Å²) in [6.45, 7) is 22.0. The van der Waals surface area contributed by atoms with Crippen LogP contribution in [0.2, 0.25) is 16.5 Å². The fourth-order valence-corrected chi connectivity index (χ4v) is 18.5. The van der Waals surface area contributed by atoms with E-state index in [0.717, 1.165) is 30.9 Å². The molecule has 1 aromatic carbocycles. The molecule has 0 spiro atoms. The summed E-state index contributed by atoms with van der Waals surface area (Å²) in [4.78, 5) is 0. The van der Waals surface area contributed by atoms with Gasteiger partial charge in [-0.1, -0.05) is 0 Å². The molecule has 0 heterocycles. The molecular formula is C44H62Zr2. The van der Waals surface area contributed by atoms with Gasteiger partial charge >= 0.3 is 309 Å². The minimum atomic E-state index is -1.19. The molecule has 7 rings (SSSR count). The van der Waals surface area contributed by atoms with Gasteiger partial charge in [-0.25, -0.2) is 0 Å². The normalized spacial score (nSPS) is 39.6. The third kappa shape index (κ3) is 6.05. The molecule has 0 bridgehead atoms. The molecule has 0 aliphatic heterocycles. The fourth-order valence-electron chi connectivity index (χ4n) is 11.2. The molecule has 0 amide bonds. The van der Waals surface area contributed by atoms with Crippen molar-refractivity contribution < 1.29 is 46.5 Å².